The number of rotatable bonds is 2. The van der Waals surface area contributed by atoms with Gasteiger partial charge in [-0.25, -0.2) is 0 Å². The van der Waals surface area contributed by atoms with Crippen molar-refractivity contribution in [2.75, 3.05) is 5.32 Å². The number of hydrogen-bond donors (Lipinski definition) is 3. The van der Waals surface area contributed by atoms with Crippen molar-refractivity contribution in [2.45, 2.75) is 0 Å². The molecule has 5 nitrogen and oxygen atoms in total. The van der Waals surface area contributed by atoms with Crippen LogP contribution in [0.3, 0.4) is 0 Å². The number of carbonyl (C=O) groups is 1. The highest BCUT2D eigenvalue weighted by molar-refractivity contribution is 9.10. The van der Waals surface area contributed by atoms with Gasteiger partial charge in [0.25, 0.3) is 5.91 Å². The quantitative estimate of drug-likeness (QED) is 0.796. The standard InChI is InChI=1S/C12H9BrN2O3/c13-10-6-14-2-1-11(10)15-12(18)7-3-8(16)5-9(17)4-7/h1-6,16-17H,(H,14,15,18). The van der Waals surface area contributed by atoms with Gasteiger partial charge in [-0.1, -0.05) is 0 Å². The Labute approximate surface area is 111 Å². The molecule has 1 aromatic heterocycles. The average Bonchev–Trinajstić information content (AvgIpc) is 2.31. The molecule has 0 saturated carbocycles. The summed E-state index contributed by atoms with van der Waals surface area (Å²) in [5, 5.41) is 21.2. The van der Waals surface area contributed by atoms with Crippen LogP contribution in [0.1, 0.15) is 10.4 Å². The predicted molar refractivity (Wildman–Crippen MR) is 69.7 cm³/mol. The summed E-state index contributed by atoms with van der Waals surface area (Å²) < 4.78 is 0.641. The van der Waals surface area contributed by atoms with Gasteiger partial charge < -0.3 is 15.5 Å². The Balaban J connectivity index is 2.25. The minimum atomic E-state index is -0.437. The summed E-state index contributed by atoms with van der Waals surface area (Å²) in [4.78, 5) is 15.8. The molecule has 92 valence electrons. The van der Waals surface area contributed by atoms with Gasteiger partial charge in [-0.15, -0.1) is 0 Å². The fraction of sp³-hybridized carbons (Fsp3) is 0. The van der Waals surface area contributed by atoms with E-state index in [1.807, 2.05) is 0 Å². The molecule has 3 N–H and O–H groups in total. The summed E-state index contributed by atoms with van der Waals surface area (Å²) >= 11 is 3.25. The number of phenolic OH excluding ortho intramolecular Hbond substituents is 2. The van der Waals surface area contributed by atoms with Crippen LogP contribution in [0.25, 0.3) is 0 Å². The number of anilines is 1. The van der Waals surface area contributed by atoms with E-state index >= 15 is 0 Å². The van der Waals surface area contributed by atoms with E-state index in [-0.39, 0.29) is 17.1 Å². The van der Waals surface area contributed by atoms with Crippen molar-refractivity contribution < 1.29 is 15.0 Å². The molecule has 0 saturated heterocycles. The zero-order chi connectivity index (χ0) is 13.1. The molecule has 0 bridgehead atoms. The second kappa shape index (κ2) is 5.05. The molecule has 6 heteroatoms. The van der Waals surface area contributed by atoms with E-state index in [2.05, 4.69) is 26.2 Å². The normalized spacial score (nSPS) is 10.1. The lowest BCUT2D eigenvalue weighted by molar-refractivity contribution is 0.102. The molecule has 18 heavy (non-hydrogen) atoms. The molecular weight excluding hydrogens is 300 g/mol. The van der Waals surface area contributed by atoms with Crippen molar-refractivity contribution in [3.8, 4) is 11.5 Å². The maximum atomic E-state index is 11.9. The van der Waals surface area contributed by atoms with Gasteiger partial charge in [0.05, 0.1) is 10.2 Å². The predicted octanol–water partition coefficient (Wildman–Crippen LogP) is 2.51. The largest absolute Gasteiger partial charge is 0.508 e. The Morgan fingerprint density at radius 2 is 1.89 bits per heavy atom. The van der Waals surface area contributed by atoms with E-state index in [1.54, 1.807) is 18.5 Å². The second-order valence-electron chi connectivity index (χ2n) is 3.55. The van der Waals surface area contributed by atoms with Crippen LogP contribution in [0.2, 0.25) is 0 Å². The van der Waals surface area contributed by atoms with Gasteiger partial charge in [-0.05, 0) is 34.1 Å². The number of phenols is 2. The summed E-state index contributed by atoms with van der Waals surface area (Å²) in [7, 11) is 0. The molecule has 0 radical (unpaired) electrons. The first-order valence-corrected chi connectivity index (χ1v) is 5.79. The molecule has 0 aliphatic carbocycles. The molecule has 2 rings (SSSR count). The van der Waals surface area contributed by atoms with Crippen molar-refractivity contribution in [1.82, 2.24) is 4.98 Å². The van der Waals surface area contributed by atoms with Crippen LogP contribution in [0, 0.1) is 0 Å². The van der Waals surface area contributed by atoms with Crippen LogP contribution < -0.4 is 5.32 Å². The van der Waals surface area contributed by atoms with Crippen LogP contribution >= 0.6 is 15.9 Å². The number of nitrogens with one attached hydrogen (secondary N) is 1. The Bertz CT molecular complexity index is 581. The van der Waals surface area contributed by atoms with Crippen molar-refractivity contribution in [3.05, 3.63) is 46.7 Å². The van der Waals surface area contributed by atoms with Gasteiger partial charge >= 0.3 is 0 Å². The van der Waals surface area contributed by atoms with E-state index in [0.717, 1.165) is 6.07 Å². The summed E-state index contributed by atoms with van der Waals surface area (Å²) in [6.07, 6.45) is 3.09. The van der Waals surface area contributed by atoms with E-state index in [1.165, 1.54) is 12.1 Å². The Morgan fingerprint density at radius 1 is 1.22 bits per heavy atom. The first-order valence-electron chi connectivity index (χ1n) is 5.00. The van der Waals surface area contributed by atoms with Crippen molar-refractivity contribution >= 4 is 27.5 Å². The first kappa shape index (κ1) is 12.4. The molecule has 1 aromatic carbocycles. The number of amides is 1. The number of nitrogens with zero attached hydrogens (tertiary/aromatic N) is 1. The highest BCUT2D eigenvalue weighted by Crippen LogP contribution is 2.23. The molecule has 0 atom stereocenters. The van der Waals surface area contributed by atoms with Crippen molar-refractivity contribution in [3.63, 3.8) is 0 Å². The number of pyridine rings is 1. The van der Waals surface area contributed by atoms with E-state index < -0.39 is 5.91 Å². The molecule has 0 aliphatic rings. The summed E-state index contributed by atoms with van der Waals surface area (Å²) in [6.45, 7) is 0. The third kappa shape index (κ3) is 2.78. The van der Waals surface area contributed by atoms with Crippen LogP contribution in [-0.4, -0.2) is 21.1 Å². The van der Waals surface area contributed by atoms with E-state index in [9.17, 15) is 15.0 Å². The van der Waals surface area contributed by atoms with E-state index in [0.29, 0.717) is 10.2 Å². The number of benzene rings is 1. The SMILES string of the molecule is O=C(Nc1ccncc1Br)c1cc(O)cc(O)c1. The molecular formula is C12H9BrN2O3. The van der Waals surface area contributed by atoms with Gasteiger partial charge in [0.1, 0.15) is 11.5 Å². The number of aromatic nitrogens is 1. The van der Waals surface area contributed by atoms with Crippen LogP contribution in [0.4, 0.5) is 5.69 Å². The lowest BCUT2D eigenvalue weighted by Crippen LogP contribution is -2.12. The van der Waals surface area contributed by atoms with Crippen LogP contribution in [0.15, 0.2) is 41.1 Å². The van der Waals surface area contributed by atoms with Gasteiger partial charge in [0, 0.05) is 24.0 Å². The topological polar surface area (TPSA) is 82.5 Å². The van der Waals surface area contributed by atoms with Crippen molar-refractivity contribution in [1.29, 1.82) is 0 Å². The Hall–Kier alpha value is -2.08. The number of hydrogen-bond acceptors (Lipinski definition) is 4. The summed E-state index contributed by atoms with van der Waals surface area (Å²) in [5.41, 5.74) is 0.717. The number of halogens is 1. The fourth-order valence-electron chi connectivity index (χ4n) is 1.40. The first-order chi connectivity index (χ1) is 8.56. The van der Waals surface area contributed by atoms with Gasteiger partial charge in [-0.3, -0.25) is 9.78 Å². The fourth-order valence-corrected chi connectivity index (χ4v) is 1.75. The third-order valence-electron chi connectivity index (χ3n) is 2.19. The lowest BCUT2D eigenvalue weighted by Gasteiger charge is -2.07. The lowest BCUT2D eigenvalue weighted by atomic mass is 10.2. The molecule has 1 amide bonds. The molecule has 0 spiro atoms. The van der Waals surface area contributed by atoms with Crippen LogP contribution in [-0.2, 0) is 0 Å². The van der Waals surface area contributed by atoms with Crippen molar-refractivity contribution in [2.24, 2.45) is 0 Å². The highest BCUT2D eigenvalue weighted by Gasteiger charge is 2.10. The average molecular weight is 309 g/mol. The molecule has 1 heterocycles. The molecule has 0 fully saturated rings. The minimum Gasteiger partial charge on any atom is -0.508 e. The zero-order valence-corrected chi connectivity index (χ0v) is 10.7. The Morgan fingerprint density at radius 3 is 2.50 bits per heavy atom. The third-order valence-corrected chi connectivity index (χ3v) is 2.82. The molecule has 0 aliphatic heterocycles. The van der Waals surface area contributed by atoms with Gasteiger partial charge in [-0.2, -0.15) is 0 Å². The maximum absolute atomic E-state index is 11.9. The maximum Gasteiger partial charge on any atom is 0.255 e. The number of aromatic hydroxyl groups is 2. The highest BCUT2D eigenvalue weighted by atomic mass is 79.9. The van der Waals surface area contributed by atoms with Gasteiger partial charge in [0.15, 0.2) is 0 Å². The van der Waals surface area contributed by atoms with Gasteiger partial charge in [0.2, 0.25) is 0 Å². The smallest absolute Gasteiger partial charge is 0.255 e. The zero-order valence-electron chi connectivity index (χ0n) is 9.09. The summed E-state index contributed by atoms with van der Waals surface area (Å²) in [5.74, 6) is -0.781. The van der Waals surface area contributed by atoms with E-state index in [4.69, 9.17) is 0 Å². The molecule has 0 unspecified atom stereocenters. The van der Waals surface area contributed by atoms with Crippen LogP contribution in [0.5, 0.6) is 11.5 Å². The monoisotopic (exact) mass is 308 g/mol. The second-order valence-corrected chi connectivity index (χ2v) is 4.40. The Kier molecular flexibility index (Phi) is 3.47. The number of carbonyl (C=O) groups excluding carboxylic acids is 1. The molecule has 2 aromatic rings. The summed E-state index contributed by atoms with van der Waals surface area (Å²) in [6, 6.07) is 5.32. The minimum absolute atomic E-state index is 0.163.